The molecule has 150 valence electrons. The number of phenolic OH excluding ortho intramolecular Hbond substituents is 1. The molecule has 2 rings (SSSR count). The summed E-state index contributed by atoms with van der Waals surface area (Å²) in [6, 6.07) is 15.7. The lowest BCUT2D eigenvalue weighted by Gasteiger charge is -2.27. The number of aromatic hydroxyl groups is 1. The number of benzene rings is 2. The Kier molecular flexibility index (Phi) is 7.84. The number of halogens is 1. The van der Waals surface area contributed by atoms with Crippen LogP contribution in [0.3, 0.4) is 0 Å². The summed E-state index contributed by atoms with van der Waals surface area (Å²) in [5, 5.41) is 14.9. The molecule has 0 saturated heterocycles. The van der Waals surface area contributed by atoms with Crippen LogP contribution in [0.5, 0.6) is 5.75 Å². The fourth-order valence-corrected chi connectivity index (χ4v) is 2.86. The highest BCUT2D eigenvalue weighted by Gasteiger charge is 2.31. The van der Waals surface area contributed by atoms with Gasteiger partial charge < -0.3 is 15.7 Å². The van der Waals surface area contributed by atoms with E-state index in [-0.39, 0.29) is 17.6 Å². The van der Waals surface area contributed by atoms with E-state index in [4.69, 9.17) is 11.8 Å². The second kappa shape index (κ2) is 10.1. The molecule has 0 heterocycles. The molecule has 0 unspecified atom stereocenters. The highest BCUT2D eigenvalue weighted by molar-refractivity contribution is 6.15. The normalized spacial score (nSPS) is 12.2. The summed E-state index contributed by atoms with van der Waals surface area (Å²) in [6.45, 7) is 3.72. The second-order valence-corrected chi connectivity index (χ2v) is 7.36. The largest absolute Gasteiger partial charge is 0.508 e. The lowest BCUT2D eigenvalue weighted by Crippen LogP contribution is -2.58. The molecule has 0 saturated carbocycles. The molecule has 4 N–H and O–H groups in total. The van der Waals surface area contributed by atoms with Gasteiger partial charge in [0.2, 0.25) is 11.8 Å². The van der Waals surface area contributed by atoms with Crippen LogP contribution in [-0.2, 0) is 22.4 Å². The number of hydrogen-bond acceptors (Lipinski definition) is 4. The lowest BCUT2D eigenvalue weighted by molar-refractivity contribution is -0.133. The van der Waals surface area contributed by atoms with Gasteiger partial charge in [-0.1, -0.05) is 42.5 Å². The van der Waals surface area contributed by atoms with Crippen molar-refractivity contribution in [1.82, 2.24) is 15.5 Å². The molecule has 0 fully saturated rings. The van der Waals surface area contributed by atoms with Crippen LogP contribution in [-0.4, -0.2) is 35.0 Å². The van der Waals surface area contributed by atoms with E-state index in [0.717, 1.165) is 11.1 Å². The molecule has 0 bridgehead atoms. The molecule has 2 aromatic rings. The third-order valence-corrected chi connectivity index (χ3v) is 4.63. The van der Waals surface area contributed by atoms with E-state index in [1.54, 1.807) is 38.1 Å². The number of amides is 2. The summed E-state index contributed by atoms with van der Waals surface area (Å²) < 4.78 is 0. The van der Waals surface area contributed by atoms with Crippen LogP contribution in [0.2, 0.25) is 0 Å². The van der Waals surface area contributed by atoms with Gasteiger partial charge in [0.1, 0.15) is 17.3 Å². The quantitative estimate of drug-likeness (QED) is 0.483. The first-order valence-corrected chi connectivity index (χ1v) is 9.48. The van der Waals surface area contributed by atoms with Crippen molar-refractivity contribution >= 4 is 23.6 Å². The topological polar surface area (TPSA) is 90.5 Å². The summed E-state index contributed by atoms with van der Waals surface area (Å²) in [5.74, 6) is -0.431. The lowest BCUT2D eigenvalue weighted by atomic mass is 10.0. The van der Waals surface area contributed by atoms with Gasteiger partial charge in [-0.3, -0.25) is 9.59 Å². The molecule has 2 aromatic carbocycles. The summed E-state index contributed by atoms with van der Waals surface area (Å²) >= 11 is 5.75. The van der Waals surface area contributed by atoms with E-state index in [1.165, 1.54) is 0 Å². The minimum atomic E-state index is -1.09. The van der Waals surface area contributed by atoms with Crippen molar-refractivity contribution < 1.29 is 14.7 Å². The van der Waals surface area contributed by atoms with Gasteiger partial charge >= 0.3 is 0 Å². The monoisotopic (exact) mass is 403 g/mol. The molecule has 7 heteroatoms. The van der Waals surface area contributed by atoms with Crippen LogP contribution >= 0.6 is 11.8 Å². The van der Waals surface area contributed by atoms with E-state index in [2.05, 4.69) is 15.5 Å². The summed E-state index contributed by atoms with van der Waals surface area (Å²) in [5.41, 5.74) is 0.871. The molecule has 0 radical (unpaired) electrons. The van der Waals surface area contributed by atoms with Crippen molar-refractivity contribution in [3.05, 3.63) is 65.7 Å². The van der Waals surface area contributed by atoms with E-state index in [9.17, 15) is 14.7 Å². The Labute approximate surface area is 170 Å². The first kappa shape index (κ1) is 21.7. The van der Waals surface area contributed by atoms with Crippen LogP contribution < -0.4 is 15.5 Å². The summed E-state index contributed by atoms with van der Waals surface area (Å²) in [6.07, 6.45) is 1.03. The predicted octanol–water partition coefficient (Wildman–Crippen LogP) is 2.30. The molecule has 0 aromatic heterocycles. The van der Waals surface area contributed by atoms with Gasteiger partial charge in [0, 0.05) is 6.54 Å². The molecule has 1 atom stereocenters. The Hall–Kier alpha value is -2.57. The third-order valence-electron chi connectivity index (χ3n) is 4.37. The maximum atomic E-state index is 12.6. The standard InChI is InChI=1S/C21H26ClN3O3/c1-21(2,20(28)23-13-12-15-8-10-17(26)11-9-15)24-19(27)18(25-22)14-16-6-4-3-5-7-16/h3-11,18,25-26H,12-14H2,1-2H3,(H,23,28)(H,24,27)/t18-/m0/s1. The fraction of sp³-hybridized carbons (Fsp3) is 0.333. The van der Waals surface area contributed by atoms with Gasteiger partial charge in [0.25, 0.3) is 0 Å². The number of carbonyl (C=O) groups is 2. The average Bonchev–Trinajstić information content (AvgIpc) is 2.68. The number of carbonyl (C=O) groups excluding carboxylic acids is 2. The fourth-order valence-electron chi connectivity index (χ4n) is 2.69. The van der Waals surface area contributed by atoms with Crippen molar-refractivity contribution in [2.75, 3.05) is 6.54 Å². The van der Waals surface area contributed by atoms with Crippen LogP contribution in [0.25, 0.3) is 0 Å². The van der Waals surface area contributed by atoms with E-state index >= 15 is 0 Å². The zero-order valence-corrected chi connectivity index (χ0v) is 16.8. The zero-order chi connectivity index (χ0) is 20.6. The minimum absolute atomic E-state index is 0.203. The average molecular weight is 404 g/mol. The molecule has 0 aliphatic carbocycles. The SMILES string of the molecule is CC(C)(NC(=O)[C@H](Cc1ccccc1)NCl)C(=O)NCCc1ccc(O)cc1. The van der Waals surface area contributed by atoms with E-state index in [0.29, 0.717) is 19.4 Å². The van der Waals surface area contributed by atoms with Gasteiger partial charge in [0.05, 0.1) is 0 Å². The number of rotatable bonds is 9. The Morgan fingerprint density at radius 1 is 1.04 bits per heavy atom. The molecule has 28 heavy (non-hydrogen) atoms. The Morgan fingerprint density at radius 2 is 1.68 bits per heavy atom. The molecule has 0 spiro atoms. The number of nitrogens with one attached hydrogen (secondary N) is 3. The van der Waals surface area contributed by atoms with Gasteiger partial charge in [0.15, 0.2) is 0 Å². The first-order valence-electron chi connectivity index (χ1n) is 9.10. The Balaban J connectivity index is 1.86. The van der Waals surface area contributed by atoms with Crippen molar-refractivity contribution in [2.45, 2.75) is 38.3 Å². The molecule has 0 aliphatic heterocycles. The maximum Gasteiger partial charge on any atom is 0.245 e. The molecule has 6 nitrogen and oxygen atoms in total. The molecular weight excluding hydrogens is 378 g/mol. The van der Waals surface area contributed by atoms with Gasteiger partial charge in [-0.2, -0.15) is 0 Å². The second-order valence-electron chi connectivity index (χ2n) is 7.14. The maximum absolute atomic E-state index is 12.6. The van der Waals surface area contributed by atoms with Crippen molar-refractivity contribution in [2.24, 2.45) is 0 Å². The number of hydrogen-bond donors (Lipinski definition) is 4. The smallest absolute Gasteiger partial charge is 0.245 e. The van der Waals surface area contributed by atoms with Crippen LogP contribution in [0.4, 0.5) is 0 Å². The molecular formula is C21H26ClN3O3. The van der Waals surface area contributed by atoms with Crippen LogP contribution in [0.1, 0.15) is 25.0 Å². The molecule has 0 aliphatic rings. The van der Waals surface area contributed by atoms with Crippen molar-refractivity contribution in [3.8, 4) is 5.75 Å². The molecule has 2 amide bonds. The van der Waals surface area contributed by atoms with Crippen molar-refractivity contribution in [3.63, 3.8) is 0 Å². The van der Waals surface area contributed by atoms with Gasteiger partial charge in [-0.25, -0.2) is 4.84 Å². The first-order chi connectivity index (χ1) is 13.3. The van der Waals surface area contributed by atoms with Gasteiger partial charge in [-0.05, 0) is 61.7 Å². The summed E-state index contributed by atoms with van der Waals surface area (Å²) in [7, 11) is 0. The summed E-state index contributed by atoms with van der Waals surface area (Å²) in [4.78, 5) is 27.5. The van der Waals surface area contributed by atoms with Crippen LogP contribution in [0.15, 0.2) is 54.6 Å². The minimum Gasteiger partial charge on any atom is -0.508 e. The third kappa shape index (κ3) is 6.55. The van der Waals surface area contributed by atoms with E-state index in [1.807, 2.05) is 30.3 Å². The highest BCUT2D eigenvalue weighted by Crippen LogP contribution is 2.10. The van der Waals surface area contributed by atoms with Crippen LogP contribution in [0, 0.1) is 0 Å². The Bertz CT molecular complexity index is 779. The highest BCUT2D eigenvalue weighted by atomic mass is 35.5. The van der Waals surface area contributed by atoms with E-state index < -0.39 is 11.6 Å². The zero-order valence-electron chi connectivity index (χ0n) is 16.0. The van der Waals surface area contributed by atoms with Gasteiger partial charge in [-0.15, -0.1) is 0 Å². The Morgan fingerprint density at radius 3 is 2.29 bits per heavy atom. The predicted molar refractivity (Wildman–Crippen MR) is 110 cm³/mol. The number of phenols is 1. The van der Waals surface area contributed by atoms with Crippen molar-refractivity contribution in [1.29, 1.82) is 0 Å².